The molecule has 98 valence electrons. The molecule has 0 aromatic heterocycles. The molecule has 0 fully saturated rings. The number of aromatic carboxylic acids is 1. The SMILES string of the molecule is CCC(CC)Nc1ccc([N+](=O)[O-])cc1C(=O)O. The lowest BCUT2D eigenvalue weighted by molar-refractivity contribution is -0.384. The van der Waals surface area contributed by atoms with Crippen LogP contribution in [0.15, 0.2) is 18.2 Å². The Bertz CT molecular complexity index is 455. The van der Waals surface area contributed by atoms with E-state index in [0.29, 0.717) is 5.69 Å². The van der Waals surface area contributed by atoms with Gasteiger partial charge in [-0.25, -0.2) is 4.79 Å². The smallest absolute Gasteiger partial charge is 0.338 e. The van der Waals surface area contributed by atoms with E-state index in [-0.39, 0.29) is 17.3 Å². The molecule has 0 unspecified atom stereocenters. The molecule has 0 aliphatic heterocycles. The molecule has 0 spiro atoms. The number of non-ortho nitro benzene ring substituents is 1. The zero-order valence-corrected chi connectivity index (χ0v) is 10.3. The third-order valence-electron chi connectivity index (χ3n) is 2.79. The van der Waals surface area contributed by atoms with Crippen molar-refractivity contribution >= 4 is 17.3 Å². The second kappa shape index (κ2) is 6.00. The number of nitrogens with zero attached hydrogens (tertiary/aromatic N) is 1. The topological polar surface area (TPSA) is 92.5 Å². The lowest BCUT2D eigenvalue weighted by Crippen LogP contribution is -2.19. The van der Waals surface area contributed by atoms with Crippen molar-refractivity contribution in [3.8, 4) is 0 Å². The van der Waals surface area contributed by atoms with E-state index < -0.39 is 10.9 Å². The number of rotatable bonds is 6. The first kappa shape index (κ1) is 14.0. The summed E-state index contributed by atoms with van der Waals surface area (Å²) in [4.78, 5) is 21.1. The molecule has 2 N–H and O–H groups in total. The monoisotopic (exact) mass is 252 g/mol. The molecule has 0 radical (unpaired) electrons. The standard InChI is InChI=1S/C12H16N2O4/c1-3-8(4-2)13-11-6-5-9(14(17)18)7-10(11)12(15)16/h5-8,13H,3-4H2,1-2H3,(H,15,16). The van der Waals surface area contributed by atoms with Gasteiger partial charge in [0.2, 0.25) is 0 Å². The number of nitro groups is 1. The van der Waals surface area contributed by atoms with E-state index >= 15 is 0 Å². The van der Waals surface area contributed by atoms with Crippen molar-refractivity contribution in [2.45, 2.75) is 32.7 Å². The number of carboxylic acids is 1. The molecule has 0 aliphatic rings. The highest BCUT2D eigenvalue weighted by Crippen LogP contribution is 2.23. The van der Waals surface area contributed by atoms with Gasteiger partial charge in [0.15, 0.2) is 0 Å². The molecule has 18 heavy (non-hydrogen) atoms. The Morgan fingerprint density at radius 3 is 2.50 bits per heavy atom. The average Bonchev–Trinajstić information content (AvgIpc) is 2.35. The van der Waals surface area contributed by atoms with Crippen LogP contribution in [0.1, 0.15) is 37.0 Å². The summed E-state index contributed by atoms with van der Waals surface area (Å²) in [6.45, 7) is 3.99. The maximum absolute atomic E-state index is 11.1. The van der Waals surface area contributed by atoms with Gasteiger partial charge in [-0.05, 0) is 18.9 Å². The predicted octanol–water partition coefficient (Wildman–Crippen LogP) is 2.89. The summed E-state index contributed by atoms with van der Waals surface area (Å²) in [5.41, 5.74) is 0.125. The summed E-state index contributed by atoms with van der Waals surface area (Å²) in [5.74, 6) is -1.17. The van der Waals surface area contributed by atoms with E-state index in [1.807, 2.05) is 13.8 Å². The van der Waals surface area contributed by atoms with Crippen LogP contribution in [0.5, 0.6) is 0 Å². The van der Waals surface area contributed by atoms with Crippen molar-refractivity contribution in [2.24, 2.45) is 0 Å². The number of carboxylic acid groups (broad SMARTS) is 1. The van der Waals surface area contributed by atoms with Gasteiger partial charge in [-0.1, -0.05) is 13.8 Å². The second-order valence-corrected chi connectivity index (χ2v) is 3.95. The molecule has 1 aromatic carbocycles. The van der Waals surface area contributed by atoms with Crippen LogP contribution in [0.25, 0.3) is 0 Å². The summed E-state index contributed by atoms with van der Waals surface area (Å²) >= 11 is 0. The minimum Gasteiger partial charge on any atom is -0.478 e. The highest BCUT2D eigenvalue weighted by atomic mass is 16.6. The fourth-order valence-electron chi connectivity index (χ4n) is 1.66. The normalized spacial score (nSPS) is 10.4. The van der Waals surface area contributed by atoms with Crippen molar-refractivity contribution in [1.82, 2.24) is 0 Å². The molecule has 1 rings (SSSR count). The van der Waals surface area contributed by atoms with Gasteiger partial charge in [0.1, 0.15) is 0 Å². The Hall–Kier alpha value is -2.11. The molecule has 0 aliphatic carbocycles. The fourth-order valence-corrected chi connectivity index (χ4v) is 1.66. The van der Waals surface area contributed by atoms with E-state index in [2.05, 4.69) is 5.32 Å². The Kier molecular flexibility index (Phi) is 4.65. The highest BCUT2D eigenvalue weighted by molar-refractivity contribution is 5.95. The molecule has 1 aromatic rings. The Balaban J connectivity index is 3.11. The summed E-state index contributed by atoms with van der Waals surface area (Å²) in [6.07, 6.45) is 1.71. The summed E-state index contributed by atoms with van der Waals surface area (Å²) in [5, 5.41) is 22.8. The van der Waals surface area contributed by atoms with E-state index in [9.17, 15) is 14.9 Å². The van der Waals surface area contributed by atoms with Crippen LogP contribution < -0.4 is 5.32 Å². The van der Waals surface area contributed by atoms with Crippen LogP contribution in [-0.4, -0.2) is 22.0 Å². The van der Waals surface area contributed by atoms with Crippen LogP contribution in [0, 0.1) is 10.1 Å². The average molecular weight is 252 g/mol. The van der Waals surface area contributed by atoms with E-state index in [4.69, 9.17) is 5.11 Å². The third kappa shape index (κ3) is 3.19. The quantitative estimate of drug-likeness (QED) is 0.599. The molecule has 6 heteroatoms. The minimum absolute atomic E-state index is 0.0731. The Labute approximate surface area is 105 Å². The van der Waals surface area contributed by atoms with Crippen molar-refractivity contribution in [3.63, 3.8) is 0 Å². The van der Waals surface area contributed by atoms with Gasteiger partial charge in [0, 0.05) is 23.9 Å². The molecule has 0 saturated carbocycles. The van der Waals surface area contributed by atoms with Crippen LogP contribution in [0.3, 0.4) is 0 Å². The van der Waals surface area contributed by atoms with E-state index in [1.54, 1.807) is 0 Å². The van der Waals surface area contributed by atoms with Gasteiger partial charge in [-0.3, -0.25) is 10.1 Å². The molecular formula is C12H16N2O4. The number of anilines is 1. The molecule has 0 bridgehead atoms. The molecule has 0 atom stereocenters. The zero-order chi connectivity index (χ0) is 13.7. The molecule has 0 heterocycles. The van der Waals surface area contributed by atoms with Gasteiger partial charge < -0.3 is 10.4 Å². The van der Waals surface area contributed by atoms with Gasteiger partial charge >= 0.3 is 5.97 Å². The van der Waals surface area contributed by atoms with Crippen molar-refractivity contribution in [2.75, 3.05) is 5.32 Å². The lowest BCUT2D eigenvalue weighted by Gasteiger charge is -2.17. The molecular weight excluding hydrogens is 236 g/mol. The second-order valence-electron chi connectivity index (χ2n) is 3.95. The van der Waals surface area contributed by atoms with E-state index in [1.165, 1.54) is 12.1 Å². The number of nitrogens with one attached hydrogen (secondary N) is 1. The Morgan fingerprint density at radius 1 is 1.44 bits per heavy atom. The van der Waals surface area contributed by atoms with Crippen molar-refractivity contribution in [1.29, 1.82) is 0 Å². The Morgan fingerprint density at radius 2 is 2.06 bits per heavy atom. The first-order chi connectivity index (χ1) is 8.49. The fraction of sp³-hybridized carbons (Fsp3) is 0.417. The first-order valence-electron chi connectivity index (χ1n) is 5.77. The van der Waals surface area contributed by atoms with Crippen molar-refractivity contribution in [3.05, 3.63) is 33.9 Å². The van der Waals surface area contributed by atoms with Gasteiger partial charge in [-0.2, -0.15) is 0 Å². The highest BCUT2D eigenvalue weighted by Gasteiger charge is 2.17. The number of hydrogen-bond acceptors (Lipinski definition) is 4. The maximum atomic E-state index is 11.1. The van der Waals surface area contributed by atoms with Gasteiger partial charge in [0.25, 0.3) is 5.69 Å². The predicted molar refractivity (Wildman–Crippen MR) is 68.0 cm³/mol. The van der Waals surface area contributed by atoms with Crippen LogP contribution in [0.4, 0.5) is 11.4 Å². The summed E-state index contributed by atoms with van der Waals surface area (Å²) < 4.78 is 0. The number of benzene rings is 1. The summed E-state index contributed by atoms with van der Waals surface area (Å²) in [6, 6.07) is 3.98. The first-order valence-corrected chi connectivity index (χ1v) is 5.77. The summed E-state index contributed by atoms with van der Waals surface area (Å²) in [7, 11) is 0. The van der Waals surface area contributed by atoms with Crippen LogP contribution in [0.2, 0.25) is 0 Å². The number of nitro benzene ring substituents is 1. The zero-order valence-electron chi connectivity index (χ0n) is 10.3. The number of carbonyl (C=O) groups is 1. The van der Waals surface area contributed by atoms with Crippen LogP contribution >= 0.6 is 0 Å². The molecule has 0 saturated heterocycles. The van der Waals surface area contributed by atoms with Crippen LogP contribution in [-0.2, 0) is 0 Å². The van der Waals surface area contributed by atoms with Gasteiger partial charge in [0.05, 0.1) is 10.5 Å². The largest absolute Gasteiger partial charge is 0.478 e. The molecule has 0 amide bonds. The number of hydrogen-bond donors (Lipinski definition) is 2. The van der Waals surface area contributed by atoms with Crippen molar-refractivity contribution < 1.29 is 14.8 Å². The maximum Gasteiger partial charge on any atom is 0.338 e. The third-order valence-corrected chi connectivity index (χ3v) is 2.79. The van der Waals surface area contributed by atoms with E-state index in [0.717, 1.165) is 18.9 Å². The van der Waals surface area contributed by atoms with Gasteiger partial charge in [-0.15, -0.1) is 0 Å². The minimum atomic E-state index is -1.17. The lowest BCUT2D eigenvalue weighted by atomic mass is 10.1. The molecule has 6 nitrogen and oxygen atoms in total.